The van der Waals surface area contributed by atoms with Gasteiger partial charge in [0, 0.05) is 5.41 Å². The van der Waals surface area contributed by atoms with Gasteiger partial charge in [-0.1, -0.05) is 6.07 Å². The molecular formula is C11H10O3. The topological polar surface area (TPSA) is 57.5 Å². The molecule has 2 aliphatic rings. The Hall–Kier alpha value is -1.51. The van der Waals surface area contributed by atoms with Gasteiger partial charge in [0.2, 0.25) is 0 Å². The highest BCUT2D eigenvalue weighted by Gasteiger charge is 2.64. The molecule has 0 bridgehead atoms. The van der Waals surface area contributed by atoms with Crippen molar-refractivity contribution in [3.8, 4) is 5.75 Å². The normalized spacial score (nSPS) is 32.1. The van der Waals surface area contributed by atoms with Crippen molar-refractivity contribution >= 4 is 5.97 Å². The lowest BCUT2D eigenvalue weighted by atomic mass is 9.73. The maximum absolute atomic E-state index is 10.8. The summed E-state index contributed by atoms with van der Waals surface area (Å²) in [6.07, 6.45) is 1.60. The largest absolute Gasteiger partial charge is 0.508 e. The molecular weight excluding hydrogens is 180 g/mol. The summed E-state index contributed by atoms with van der Waals surface area (Å²) in [6, 6.07) is 5.25. The molecule has 14 heavy (non-hydrogen) atoms. The van der Waals surface area contributed by atoms with E-state index in [1.807, 2.05) is 6.07 Å². The molecule has 2 N–H and O–H groups in total. The number of carboxylic acids is 1. The van der Waals surface area contributed by atoms with E-state index in [9.17, 15) is 9.90 Å². The van der Waals surface area contributed by atoms with E-state index in [1.165, 1.54) is 5.56 Å². The molecule has 3 rings (SSSR count). The highest BCUT2D eigenvalue weighted by atomic mass is 16.4. The zero-order chi connectivity index (χ0) is 9.92. The third kappa shape index (κ3) is 0.750. The number of hydrogen-bond donors (Lipinski definition) is 2. The van der Waals surface area contributed by atoms with E-state index in [-0.39, 0.29) is 17.1 Å². The van der Waals surface area contributed by atoms with Crippen LogP contribution in [0.1, 0.15) is 17.5 Å². The van der Waals surface area contributed by atoms with Crippen LogP contribution in [0.25, 0.3) is 0 Å². The molecule has 0 amide bonds. The molecule has 0 radical (unpaired) electrons. The number of phenolic OH excluding ortho intramolecular Hbond substituents is 1. The fraction of sp³-hybridized carbons (Fsp3) is 0.364. The summed E-state index contributed by atoms with van der Waals surface area (Å²) in [5, 5.41) is 18.2. The average Bonchev–Trinajstić information content (AvgIpc) is 2.85. The van der Waals surface area contributed by atoms with Gasteiger partial charge in [-0.2, -0.15) is 0 Å². The van der Waals surface area contributed by atoms with Crippen LogP contribution < -0.4 is 0 Å². The minimum atomic E-state index is -0.709. The van der Waals surface area contributed by atoms with Crippen LogP contribution >= 0.6 is 0 Å². The average molecular weight is 190 g/mol. The van der Waals surface area contributed by atoms with Crippen LogP contribution in [0.2, 0.25) is 0 Å². The molecule has 72 valence electrons. The maximum Gasteiger partial charge on any atom is 0.307 e. The van der Waals surface area contributed by atoms with E-state index in [0.29, 0.717) is 0 Å². The lowest BCUT2D eigenvalue weighted by molar-refractivity contribution is -0.139. The highest BCUT2D eigenvalue weighted by molar-refractivity contribution is 5.79. The first-order valence-corrected chi connectivity index (χ1v) is 4.69. The summed E-state index contributed by atoms with van der Waals surface area (Å²) in [5.41, 5.74) is 2.11. The van der Waals surface area contributed by atoms with Gasteiger partial charge in [-0.3, -0.25) is 4.79 Å². The van der Waals surface area contributed by atoms with Crippen molar-refractivity contribution in [2.45, 2.75) is 18.3 Å². The van der Waals surface area contributed by atoms with E-state index >= 15 is 0 Å². The standard InChI is InChI=1S/C11H10O3/c12-7-2-1-6-4-11(8(6)3-7)5-9(11)10(13)14/h1-3,9,12H,4-5H2,(H,13,14)/t9-,11-/m0/s1. The predicted molar refractivity (Wildman–Crippen MR) is 49.2 cm³/mol. The third-order valence-corrected chi connectivity index (χ3v) is 3.51. The first-order valence-electron chi connectivity index (χ1n) is 4.69. The summed E-state index contributed by atoms with van der Waals surface area (Å²) in [6.45, 7) is 0. The molecule has 0 unspecified atom stereocenters. The van der Waals surface area contributed by atoms with Gasteiger partial charge in [0.15, 0.2) is 0 Å². The molecule has 1 fully saturated rings. The Balaban J connectivity index is 2.00. The minimum absolute atomic E-state index is 0.125. The van der Waals surface area contributed by atoms with Gasteiger partial charge in [0.25, 0.3) is 0 Å². The minimum Gasteiger partial charge on any atom is -0.508 e. The van der Waals surface area contributed by atoms with Gasteiger partial charge in [0.1, 0.15) is 5.75 Å². The Morgan fingerprint density at radius 3 is 2.93 bits per heavy atom. The second kappa shape index (κ2) is 2.11. The molecule has 1 saturated carbocycles. The smallest absolute Gasteiger partial charge is 0.307 e. The lowest BCUT2D eigenvalue weighted by Gasteiger charge is -2.31. The summed E-state index contributed by atoms with van der Waals surface area (Å²) < 4.78 is 0. The van der Waals surface area contributed by atoms with Crippen molar-refractivity contribution < 1.29 is 15.0 Å². The van der Waals surface area contributed by atoms with Gasteiger partial charge in [-0.25, -0.2) is 0 Å². The Morgan fingerprint density at radius 1 is 1.50 bits per heavy atom. The van der Waals surface area contributed by atoms with Crippen molar-refractivity contribution in [1.82, 2.24) is 0 Å². The number of hydrogen-bond acceptors (Lipinski definition) is 2. The molecule has 0 aromatic heterocycles. The Morgan fingerprint density at radius 2 is 2.29 bits per heavy atom. The maximum atomic E-state index is 10.8. The molecule has 1 spiro atoms. The number of fused-ring (bicyclic) bond motifs is 2. The summed E-state index contributed by atoms with van der Waals surface area (Å²) in [5.74, 6) is -0.699. The number of aromatic hydroxyl groups is 1. The van der Waals surface area contributed by atoms with Gasteiger partial charge < -0.3 is 10.2 Å². The van der Waals surface area contributed by atoms with Crippen LogP contribution in [0.3, 0.4) is 0 Å². The number of benzene rings is 1. The zero-order valence-electron chi connectivity index (χ0n) is 7.53. The van der Waals surface area contributed by atoms with E-state index < -0.39 is 5.97 Å². The van der Waals surface area contributed by atoms with Crippen LogP contribution in [0.4, 0.5) is 0 Å². The summed E-state index contributed by atoms with van der Waals surface area (Å²) >= 11 is 0. The lowest BCUT2D eigenvalue weighted by Crippen LogP contribution is -2.28. The second-order valence-electron chi connectivity index (χ2n) is 4.27. The van der Waals surface area contributed by atoms with Gasteiger partial charge in [0.05, 0.1) is 5.92 Å². The van der Waals surface area contributed by atoms with Crippen LogP contribution in [-0.4, -0.2) is 16.2 Å². The number of carboxylic acid groups (broad SMARTS) is 1. The SMILES string of the molecule is O=C(O)[C@@H]1C[C@]12Cc1ccc(O)cc12. The fourth-order valence-corrected chi connectivity index (χ4v) is 2.63. The van der Waals surface area contributed by atoms with E-state index in [1.54, 1.807) is 12.1 Å². The van der Waals surface area contributed by atoms with Crippen LogP contribution in [0.5, 0.6) is 5.75 Å². The number of aliphatic carboxylic acids is 1. The molecule has 1 aromatic rings. The molecule has 2 atom stereocenters. The molecule has 0 saturated heterocycles. The number of phenols is 1. The summed E-state index contributed by atoms with van der Waals surface area (Å²) in [7, 11) is 0. The summed E-state index contributed by atoms with van der Waals surface area (Å²) in [4.78, 5) is 10.8. The van der Waals surface area contributed by atoms with Crippen molar-refractivity contribution in [2.75, 3.05) is 0 Å². The van der Waals surface area contributed by atoms with Crippen molar-refractivity contribution in [2.24, 2.45) is 5.92 Å². The zero-order valence-corrected chi connectivity index (χ0v) is 7.53. The Bertz CT molecular complexity index is 438. The van der Waals surface area contributed by atoms with Gasteiger partial charge >= 0.3 is 5.97 Å². The van der Waals surface area contributed by atoms with Crippen molar-refractivity contribution in [3.63, 3.8) is 0 Å². The van der Waals surface area contributed by atoms with E-state index in [2.05, 4.69) is 0 Å². The molecule has 2 aliphatic carbocycles. The Kier molecular flexibility index (Phi) is 1.18. The third-order valence-electron chi connectivity index (χ3n) is 3.51. The number of carbonyl (C=O) groups is 1. The quantitative estimate of drug-likeness (QED) is 0.701. The van der Waals surface area contributed by atoms with Gasteiger partial charge in [-0.05, 0) is 36.1 Å². The van der Waals surface area contributed by atoms with Gasteiger partial charge in [-0.15, -0.1) is 0 Å². The predicted octanol–water partition coefficient (Wildman–Crippen LogP) is 1.29. The monoisotopic (exact) mass is 190 g/mol. The van der Waals surface area contributed by atoms with Crippen LogP contribution in [0.15, 0.2) is 18.2 Å². The molecule has 0 heterocycles. The van der Waals surface area contributed by atoms with Crippen molar-refractivity contribution in [3.05, 3.63) is 29.3 Å². The van der Waals surface area contributed by atoms with E-state index in [0.717, 1.165) is 18.4 Å². The first kappa shape index (κ1) is 7.85. The van der Waals surface area contributed by atoms with Crippen molar-refractivity contribution in [1.29, 1.82) is 0 Å². The van der Waals surface area contributed by atoms with Crippen LogP contribution in [0, 0.1) is 5.92 Å². The number of rotatable bonds is 1. The Labute approximate surface area is 81.0 Å². The molecule has 1 aromatic carbocycles. The highest BCUT2D eigenvalue weighted by Crippen LogP contribution is 2.63. The molecule has 3 heteroatoms. The second-order valence-corrected chi connectivity index (χ2v) is 4.27. The van der Waals surface area contributed by atoms with Crippen LogP contribution in [-0.2, 0) is 16.6 Å². The molecule has 3 nitrogen and oxygen atoms in total. The first-order chi connectivity index (χ1) is 6.63. The fourth-order valence-electron chi connectivity index (χ4n) is 2.63. The van der Waals surface area contributed by atoms with E-state index in [4.69, 9.17) is 5.11 Å². The molecule has 0 aliphatic heterocycles.